The number of carbonyl (C=O) groups excluding carboxylic acids is 1. The molecule has 0 aromatic carbocycles. The van der Waals surface area contributed by atoms with E-state index in [0.717, 1.165) is 26.2 Å². The van der Waals surface area contributed by atoms with Gasteiger partial charge in [-0.3, -0.25) is 4.79 Å². The Morgan fingerprint density at radius 1 is 1.15 bits per heavy atom. The van der Waals surface area contributed by atoms with E-state index < -0.39 is 0 Å². The maximum atomic E-state index is 11.6. The third kappa shape index (κ3) is 1.84. The molecule has 0 saturated carbocycles. The van der Waals surface area contributed by atoms with Crippen LogP contribution in [0.25, 0.3) is 0 Å². The molecule has 74 valence electrons. The van der Waals surface area contributed by atoms with Crippen molar-refractivity contribution in [2.75, 3.05) is 40.3 Å². The number of fused-ring (bicyclic) bond motifs is 3. The molecule has 0 aliphatic carbocycles. The Morgan fingerprint density at radius 2 is 1.69 bits per heavy atom. The van der Waals surface area contributed by atoms with Crippen LogP contribution in [0, 0.1) is 5.92 Å². The number of rotatable bonds is 0. The number of likely N-dealkylation sites (N-methyl/N-ethyl adjacent to an activating group) is 2. The summed E-state index contributed by atoms with van der Waals surface area (Å²) < 4.78 is 0. The van der Waals surface area contributed by atoms with Gasteiger partial charge in [0.05, 0.1) is 27.2 Å². The quantitative estimate of drug-likeness (QED) is 0.355. The van der Waals surface area contributed by atoms with Crippen LogP contribution in [0.2, 0.25) is 0 Å². The van der Waals surface area contributed by atoms with Crippen LogP contribution < -0.4 is 15.1 Å². The normalized spacial score (nSPS) is 45.2. The number of quaternary nitrogens is 2. The fourth-order valence-electron chi connectivity index (χ4n) is 2.60. The molecule has 0 aromatic heterocycles. The van der Waals surface area contributed by atoms with Gasteiger partial charge in [0, 0.05) is 0 Å². The second-order valence-corrected chi connectivity index (χ2v) is 4.63. The van der Waals surface area contributed by atoms with E-state index in [0.29, 0.717) is 6.04 Å². The standard InChI is InChI=1S/C9H17N3O/c1-11-3-7-4-12(2)6-8(5-11)10-9(7)13/h7-8H,3-6H2,1-2H3,(H,10,13)/p+2. The molecule has 2 aliphatic heterocycles. The van der Waals surface area contributed by atoms with Crippen molar-refractivity contribution >= 4 is 5.91 Å². The van der Waals surface area contributed by atoms with Crippen molar-refractivity contribution in [1.82, 2.24) is 5.32 Å². The van der Waals surface area contributed by atoms with E-state index >= 15 is 0 Å². The molecule has 0 spiro atoms. The SMILES string of the molecule is C[NH+]1CC2C[NH+](C)CC(C1)C(=O)N2. The van der Waals surface area contributed by atoms with Crippen LogP contribution >= 0.6 is 0 Å². The maximum Gasteiger partial charge on any atom is 0.235 e. The summed E-state index contributed by atoms with van der Waals surface area (Å²) in [6, 6.07) is 0.389. The first-order chi connectivity index (χ1) is 6.15. The monoisotopic (exact) mass is 185 g/mol. The third-order valence-electron chi connectivity index (χ3n) is 3.10. The van der Waals surface area contributed by atoms with Crippen LogP contribution in [0.15, 0.2) is 0 Å². The predicted octanol–water partition coefficient (Wildman–Crippen LogP) is -3.86. The molecule has 2 atom stereocenters. The van der Waals surface area contributed by atoms with Crippen LogP contribution in [0.5, 0.6) is 0 Å². The molecular formula is C9H19N3O+2. The van der Waals surface area contributed by atoms with Crippen LogP contribution in [0.1, 0.15) is 0 Å². The zero-order chi connectivity index (χ0) is 9.42. The van der Waals surface area contributed by atoms with Crippen molar-refractivity contribution in [2.24, 2.45) is 5.92 Å². The molecule has 13 heavy (non-hydrogen) atoms. The molecule has 3 N–H and O–H groups in total. The van der Waals surface area contributed by atoms with Gasteiger partial charge in [0.25, 0.3) is 0 Å². The highest BCUT2D eigenvalue weighted by atomic mass is 16.2. The summed E-state index contributed by atoms with van der Waals surface area (Å²) >= 11 is 0. The minimum atomic E-state index is 0.229. The lowest BCUT2D eigenvalue weighted by Crippen LogP contribution is -3.17. The predicted molar refractivity (Wildman–Crippen MR) is 48.7 cm³/mol. The minimum Gasteiger partial charge on any atom is -0.342 e. The van der Waals surface area contributed by atoms with Gasteiger partial charge in [-0.2, -0.15) is 0 Å². The van der Waals surface area contributed by atoms with Gasteiger partial charge in [-0.25, -0.2) is 0 Å². The molecule has 1 amide bonds. The Bertz CT molecular complexity index is 205. The van der Waals surface area contributed by atoms with Crippen LogP contribution in [-0.4, -0.2) is 52.2 Å². The lowest BCUT2D eigenvalue weighted by molar-refractivity contribution is -0.923. The van der Waals surface area contributed by atoms with Gasteiger partial charge >= 0.3 is 0 Å². The Morgan fingerprint density at radius 3 is 2.23 bits per heavy atom. The number of hydrogen-bond donors (Lipinski definition) is 3. The van der Waals surface area contributed by atoms with Crippen molar-refractivity contribution in [2.45, 2.75) is 6.04 Å². The number of nitrogens with one attached hydrogen (secondary N) is 3. The molecule has 2 rings (SSSR count). The van der Waals surface area contributed by atoms with Crippen molar-refractivity contribution in [1.29, 1.82) is 0 Å². The highest BCUT2D eigenvalue weighted by Crippen LogP contribution is 1.97. The fourth-order valence-corrected chi connectivity index (χ4v) is 2.60. The highest BCUT2D eigenvalue weighted by Gasteiger charge is 2.37. The first-order valence-corrected chi connectivity index (χ1v) is 5.08. The maximum absolute atomic E-state index is 11.6. The number of hydrogen-bond acceptors (Lipinski definition) is 1. The first kappa shape index (κ1) is 8.97. The summed E-state index contributed by atoms with van der Waals surface area (Å²) in [6.45, 7) is 4.17. The smallest absolute Gasteiger partial charge is 0.235 e. The molecule has 2 heterocycles. The van der Waals surface area contributed by atoms with Gasteiger partial charge in [0.15, 0.2) is 0 Å². The number of amides is 1. The van der Waals surface area contributed by atoms with Gasteiger partial charge in [0.2, 0.25) is 5.91 Å². The average molecular weight is 185 g/mol. The Hall–Kier alpha value is -0.610. The summed E-state index contributed by atoms with van der Waals surface area (Å²) in [6.07, 6.45) is 0. The Balaban J connectivity index is 2.18. The summed E-state index contributed by atoms with van der Waals surface area (Å²) in [4.78, 5) is 14.6. The van der Waals surface area contributed by atoms with E-state index in [2.05, 4.69) is 19.4 Å². The van der Waals surface area contributed by atoms with Crippen molar-refractivity contribution < 1.29 is 14.6 Å². The van der Waals surface area contributed by atoms with Crippen LogP contribution in [0.3, 0.4) is 0 Å². The van der Waals surface area contributed by atoms with E-state index in [1.807, 2.05) is 0 Å². The van der Waals surface area contributed by atoms with E-state index in [-0.39, 0.29) is 11.8 Å². The van der Waals surface area contributed by atoms with E-state index in [1.54, 1.807) is 0 Å². The van der Waals surface area contributed by atoms with Crippen LogP contribution in [0.4, 0.5) is 0 Å². The van der Waals surface area contributed by atoms with Crippen molar-refractivity contribution in [3.8, 4) is 0 Å². The second kappa shape index (κ2) is 3.27. The lowest BCUT2D eigenvalue weighted by atomic mass is 10.1. The number of carbonyl (C=O) groups is 1. The summed E-state index contributed by atoms with van der Waals surface area (Å²) in [5.41, 5.74) is 0. The van der Waals surface area contributed by atoms with Gasteiger partial charge in [-0.1, -0.05) is 0 Å². The lowest BCUT2D eigenvalue weighted by Gasteiger charge is -2.24. The van der Waals surface area contributed by atoms with E-state index in [9.17, 15) is 4.79 Å². The van der Waals surface area contributed by atoms with Gasteiger partial charge in [0.1, 0.15) is 25.0 Å². The van der Waals surface area contributed by atoms with Crippen molar-refractivity contribution in [3.63, 3.8) is 0 Å². The summed E-state index contributed by atoms with van der Waals surface area (Å²) in [5, 5.41) is 3.12. The summed E-state index contributed by atoms with van der Waals surface area (Å²) in [5.74, 6) is 0.506. The Labute approximate surface area is 78.9 Å². The minimum absolute atomic E-state index is 0.229. The molecule has 2 aliphatic rings. The molecule has 2 unspecified atom stereocenters. The van der Waals surface area contributed by atoms with Crippen LogP contribution in [-0.2, 0) is 4.79 Å². The first-order valence-electron chi connectivity index (χ1n) is 5.08. The molecular weight excluding hydrogens is 166 g/mol. The third-order valence-corrected chi connectivity index (χ3v) is 3.10. The summed E-state index contributed by atoms with van der Waals surface area (Å²) in [7, 11) is 4.36. The molecule has 2 fully saturated rings. The molecule has 2 saturated heterocycles. The molecule has 4 heteroatoms. The van der Waals surface area contributed by atoms with E-state index in [4.69, 9.17) is 0 Å². The van der Waals surface area contributed by atoms with E-state index in [1.165, 1.54) is 9.80 Å². The largest absolute Gasteiger partial charge is 0.342 e. The van der Waals surface area contributed by atoms with Gasteiger partial charge < -0.3 is 15.1 Å². The zero-order valence-electron chi connectivity index (χ0n) is 8.39. The molecule has 4 nitrogen and oxygen atoms in total. The zero-order valence-corrected chi connectivity index (χ0v) is 8.39. The van der Waals surface area contributed by atoms with Crippen molar-refractivity contribution in [3.05, 3.63) is 0 Å². The molecule has 0 radical (unpaired) electrons. The fraction of sp³-hybridized carbons (Fsp3) is 0.889. The average Bonchev–Trinajstić information content (AvgIpc) is 2.16. The second-order valence-electron chi connectivity index (χ2n) is 4.63. The van der Waals surface area contributed by atoms with Gasteiger partial charge in [-0.15, -0.1) is 0 Å². The molecule has 0 aromatic rings. The molecule has 2 bridgehead atoms. The topological polar surface area (TPSA) is 38.0 Å². The highest BCUT2D eigenvalue weighted by molar-refractivity contribution is 5.79. The van der Waals surface area contributed by atoms with Gasteiger partial charge in [-0.05, 0) is 0 Å². The Kier molecular flexibility index (Phi) is 2.26.